The van der Waals surface area contributed by atoms with Crippen LogP contribution in [-0.4, -0.2) is 42.5 Å². The van der Waals surface area contributed by atoms with Gasteiger partial charge in [-0.25, -0.2) is 4.99 Å². The minimum atomic E-state index is -4.31. The Hall–Kier alpha value is -1.07. The van der Waals surface area contributed by atoms with Gasteiger partial charge in [-0.05, 0) is 30.9 Å². The summed E-state index contributed by atoms with van der Waals surface area (Å²) in [6, 6.07) is 7.09. The average Bonchev–Trinajstić information content (AvgIpc) is 2.64. The van der Waals surface area contributed by atoms with E-state index in [1.54, 1.807) is 12.1 Å². The molecule has 0 saturated carbocycles. The summed E-state index contributed by atoms with van der Waals surface area (Å²) in [5, 5.41) is 16.6. The van der Waals surface area contributed by atoms with Gasteiger partial charge in [-0.1, -0.05) is 38.1 Å². The Kier molecular flexibility index (Phi) is 12.7. The minimum Gasteiger partial charge on any atom is -0.388 e. The quantitative estimate of drug-likeness (QED) is 0.250. The molecule has 0 amide bonds. The third kappa shape index (κ3) is 11.1. The zero-order chi connectivity index (χ0) is 20.3. The Morgan fingerprint density at radius 3 is 2.11 bits per heavy atom. The largest absolute Gasteiger partial charge is 0.411 e. The smallest absolute Gasteiger partial charge is 0.388 e. The number of hydrogen-bond acceptors (Lipinski definition) is 3. The van der Waals surface area contributed by atoms with Gasteiger partial charge in [-0.2, -0.15) is 13.2 Å². The molecule has 28 heavy (non-hydrogen) atoms. The van der Waals surface area contributed by atoms with Crippen LogP contribution in [0.1, 0.15) is 44.7 Å². The minimum absolute atomic E-state index is 0. The van der Waals surface area contributed by atoms with Gasteiger partial charge < -0.3 is 20.5 Å². The van der Waals surface area contributed by atoms with E-state index < -0.39 is 18.4 Å². The Labute approximate surface area is 182 Å². The lowest BCUT2D eigenvalue weighted by molar-refractivity contribution is -0.176. The van der Waals surface area contributed by atoms with E-state index in [4.69, 9.17) is 0 Å². The van der Waals surface area contributed by atoms with Crippen LogP contribution >= 0.6 is 24.0 Å². The Bertz CT molecular complexity index is 577. The third-order valence-electron chi connectivity index (χ3n) is 4.22. The molecule has 0 saturated heterocycles. The lowest BCUT2D eigenvalue weighted by Gasteiger charge is -2.26. The Balaban J connectivity index is 0.00000729. The van der Waals surface area contributed by atoms with Crippen LogP contribution in [0.15, 0.2) is 29.3 Å². The van der Waals surface area contributed by atoms with Crippen molar-refractivity contribution >= 4 is 29.9 Å². The molecule has 0 unspecified atom stereocenters. The summed E-state index contributed by atoms with van der Waals surface area (Å²) < 4.78 is 40.9. The highest BCUT2D eigenvalue weighted by Crippen LogP contribution is 2.16. The van der Waals surface area contributed by atoms with E-state index in [1.165, 1.54) is 0 Å². The topological polar surface area (TPSA) is 65.9 Å². The summed E-state index contributed by atoms with van der Waals surface area (Å²) in [7, 11) is 0. The molecule has 1 rings (SSSR count). The van der Waals surface area contributed by atoms with Crippen molar-refractivity contribution in [3.05, 3.63) is 35.4 Å². The zero-order valence-corrected chi connectivity index (χ0v) is 18.9. The summed E-state index contributed by atoms with van der Waals surface area (Å²) >= 11 is 0. The summed E-state index contributed by atoms with van der Waals surface area (Å²) in [6.07, 6.45) is -3.02. The summed E-state index contributed by atoms with van der Waals surface area (Å²) in [4.78, 5) is 4.48. The first-order chi connectivity index (χ1) is 12.7. The molecule has 0 atom stereocenters. The zero-order valence-electron chi connectivity index (χ0n) is 16.6. The third-order valence-corrected chi connectivity index (χ3v) is 4.22. The molecule has 1 aromatic carbocycles. The highest BCUT2D eigenvalue weighted by atomic mass is 127. The Morgan fingerprint density at radius 1 is 1.04 bits per heavy atom. The monoisotopic (exact) mass is 517 g/mol. The first kappa shape index (κ1) is 26.9. The molecule has 9 heteroatoms. The molecule has 0 aromatic heterocycles. The van der Waals surface area contributed by atoms with Crippen molar-refractivity contribution in [3.63, 3.8) is 0 Å². The van der Waals surface area contributed by atoms with Crippen LogP contribution in [0.2, 0.25) is 0 Å². The molecule has 5 nitrogen and oxygen atoms in total. The second-order valence-corrected chi connectivity index (χ2v) is 6.40. The molecule has 0 aliphatic heterocycles. The molecule has 162 valence electrons. The predicted octanol–water partition coefficient (Wildman–Crippen LogP) is 3.99. The number of aliphatic imine (C=N–C) groups is 1. The second kappa shape index (κ2) is 13.2. The normalized spacial score (nSPS) is 12.5. The molecular formula is C19H31F3IN3O2. The van der Waals surface area contributed by atoms with Crippen LogP contribution in [0, 0.1) is 0 Å². The molecule has 3 N–H and O–H groups in total. The summed E-state index contributed by atoms with van der Waals surface area (Å²) in [6.45, 7) is 6.01. The van der Waals surface area contributed by atoms with Gasteiger partial charge in [0.25, 0.3) is 0 Å². The van der Waals surface area contributed by atoms with Crippen molar-refractivity contribution in [2.75, 3.05) is 19.7 Å². The van der Waals surface area contributed by atoms with Crippen LogP contribution in [0.4, 0.5) is 13.2 Å². The van der Waals surface area contributed by atoms with Gasteiger partial charge in [0.05, 0.1) is 18.8 Å². The maximum absolute atomic E-state index is 12.1. The number of aliphatic hydroxyl groups is 1. The van der Waals surface area contributed by atoms with Crippen molar-refractivity contribution in [2.24, 2.45) is 4.99 Å². The number of ether oxygens (including phenoxy) is 1. The van der Waals surface area contributed by atoms with E-state index in [0.29, 0.717) is 44.0 Å². The fraction of sp³-hybridized carbons (Fsp3) is 0.632. The van der Waals surface area contributed by atoms with Crippen molar-refractivity contribution in [3.8, 4) is 0 Å². The van der Waals surface area contributed by atoms with Crippen molar-refractivity contribution in [1.29, 1.82) is 0 Å². The molecule has 1 aromatic rings. The van der Waals surface area contributed by atoms with Gasteiger partial charge in [0.1, 0.15) is 6.61 Å². The SMILES string of the molecule is CCNC(=NCc1ccc(COCC(F)(F)F)cc1)NCC(O)(CC)CC.I. The summed E-state index contributed by atoms with van der Waals surface area (Å²) in [5.41, 5.74) is 0.829. The van der Waals surface area contributed by atoms with Crippen LogP contribution < -0.4 is 10.6 Å². The highest BCUT2D eigenvalue weighted by molar-refractivity contribution is 14.0. The van der Waals surface area contributed by atoms with Gasteiger partial charge >= 0.3 is 6.18 Å². The van der Waals surface area contributed by atoms with Crippen LogP contribution in [0.5, 0.6) is 0 Å². The molecular weight excluding hydrogens is 486 g/mol. The standard InChI is InChI=1S/C19H30F3N3O2.HI/c1-4-18(26,5-2)13-25-17(23-6-3)24-11-15-7-9-16(10-8-15)12-27-14-19(20,21)22;/h7-10,26H,4-6,11-14H2,1-3H3,(H2,23,24,25);1H. The highest BCUT2D eigenvalue weighted by Gasteiger charge is 2.27. The molecule has 0 radical (unpaired) electrons. The number of nitrogens with zero attached hydrogens (tertiary/aromatic N) is 1. The van der Waals surface area contributed by atoms with E-state index in [-0.39, 0.29) is 30.6 Å². The van der Waals surface area contributed by atoms with E-state index in [9.17, 15) is 18.3 Å². The van der Waals surface area contributed by atoms with Crippen molar-refractivity contribution in [2.45, 2.75) is 58.5 Å². The average molecular weight is 517 g/mol. The first-order valence-electron chi connectivity index (χ1n) is 9.18. The number of rotatable bonds is 10. The number of alkyl halides is 3. The van der Waals surface area contributed by atoms with Gasteiger partial charge in [-0.3, -0.25) is 0 Å². The number of nitrogens with one attached hydrogen (secondary N) is 2. The van der Waals surface area contributed by atoms with E-state index in [1.807, 2.05) is 32.9 Å². The number of hydrogen-bond donors (Lipinski definition) is 3. The van der Waals surface area contributed by atoms with Crippen molar-refractivity contribution in [1.82, 2.24) is 10.6 Å². The molecule has 0 aliphatic rings. The molecule has 0 fully saturated rings. The molecule has 0 aliphatic carbocycles. The second-order valence-electron chi connectivity index (χ2n) is 6.40. The fourth-order valence-electron chi connectivity index (χ4n) is 2.29. The van der Waals surface area contributed by atoms with E-state index >= 15 is 0 Å². The number of benzene rings is 1. The predicted molar refractivity (Wildman–Crippen MR) is 116 cm³/mol. The van der Waals surface area contributed by atoms with E-state index in [0.717, 1.165) is 5.56 Å². The van der Waals surface area contributed by atoms with Crippen LogP contribution in [-0.2, 0) is 17.9 Å². The maximum atomic E-state index is 12.1. The lowest BCUT2D eigenvalue weighted by Crippen LogP contribution is -2.46. The summed E-state index contributed by atoms with van der Waals surface area (Å²) in [5.74, 6) is 0.607. The van der Waals surface area contributed by atoms with Gasteiger partial charge in [0.2, 0.25) is 0 Å². The first-order valence-corrected chi connectivity index (χ1v) is 9.18. The lowest BCUT2D eigenvalue weighted by atomic mass is 9.98. The van der Waals surface area contributed by atoms with Gasteiger partial charge in [0, 0.05) is 13.1 Å². The molecule has 0 spiro atoms. The van der Waals surface area contributed by atoms with Crippen LogP contribution in [0.3, 0.4) is 0 Å². The molecule has 0 heterocycles. The Morgan fingerprint density at radius 2 is 1.61 bits per heavy atom. The van der Waals surface area contributed by atoms with Crippen LogP contribution in [0.25, 0.3) is 0 Å². The number of guanidine groups is 1. The molecule has 0 bridgehead atoms. The van der Waals surface area contributed by atoms with Crippen molar-refractivity contribution < 1.29 is 23.0 Å². The fourth-order valence-corrected chi connectivity index (χ4v) is 2.29. The van der Waals surface area contributed by atoms with E-state index in [2.05, 4.69) is 20.4 Å². The van der Waals surface area contributed by atoms with Gasteiger partial charge in [0.15, 0.2) is 5.96 Å². The number of halogens is 4. The van der Waals surface area contributed by atoms with Gasteiger partial charge in [-0.15, -0.1) is 24.0 Å². The maximum Gasteiger partial charge on any atom is 0.411 e.